The molecular formula is C12H17N5. The highest BCUT2D eigenvalue weighted by Crippen LogP contribution is 2.09. The Labute approximate surface area is 100 Å². The standard InChI is InChI=1S/C12H17N5/c1-4-10(13)5-6-11-15-12-9(3)14-7-8(2)17(12)16-11/h7,13H,4-6H2,1-3H3. The molecule has 2 aromatic heterocycles. The molecule has 1 N–H and O–H groups in total. The van der Waals surface area contributed by atoms with Gasteiger partial charge >= 0.3 is 0 Å². The number of hydrogen-bond acceptors (Lipinski definition) is 4. The summed E-state index contributed by atoms with van der Waals surface area (Å²) < 4.78 is 1.83. The highest BCUT2D eigenvalue weighted by molar-refractivity contribution is 5.81. The van der Waals surface area contributed by atoms with Gasteiger partial charge in [0.1, 0.15) is 0 Å². The van der Waals surface area contributed by atoms with Crippen molar-refractivity contribution >= 4 is 11.4 Å². The van der Waals surface area contributed by atoms with Gasteiger partial charge in [-0.25, -0.2) is 9.50 Å². The van der Waals surface area contributed by atoms with E-state index in [1.165, 1.54) is 0 Å². The van der Waals surface area contributed by atoms with E-state index in [1.54, 1.807) is 6.20 Å². The Kier molecular flexibility index (Phi) is 3.17. The van der Waals surface area contributed by atoms with Gasteiger partial charge in [0.05, 0.1) is 11.4 Å². The first-order chi connectivity index (χ1) is 8.11. The number of aromatic nitrogens is 4. The molecule has 90 valence electrons. The van der Waals surface area contributed by atoms with Crippen LogP contribution in [0.5, 0.6) is 0 Å². The lowest BCUT2D eigenvalue weighted by atomic mass is 10.1. The zero-order chi connectivity index (χ0) is 12.4. The van der Waals surface area contributed by atoms with Crippen molar-refractivity contribution in [2.24, 2.45) is 0 Å². The lowest BCUT2D eigenvalue weighted by Crippen LogP contribution is -1.99. The van der Waals surface area contributed by atoms with E-state index in [0.717, 1.165) is 47.8 Å². The van der Waals surface area contributed by atoms with Crippen LogP contribution >= 0.6 is 0 Å². The smallest absolute Gasteiger partial charge is 0.177 e. The molecule has 0 fully saturated rings. The number of hydrogen-bond donors (Lipinski definition) is 1. The Hall–Kier alpha value is -1.78. The van der Waals surface area contributed by atoms with Gasteiger partial charge in [-0.3, -0.25) is 4.98 Å². The molecule has 0 atom stereocenters. The van der Waals surface area contributed by atoms with Gasteiger partial charge < -0.3 is 5.41 Å². The summed E-state index contributed by atoms with van der Waals surface area (Å²) in [5, 5.41) is 12.1. The Bertz CT molecular complexity index is 516. The molecular weight excluding hydrogens is 214 g/mol. The van der Waals surface area contributed by atoms with Crippen LogP contribution in [0.15, 0.2) is 6.20 Å². The molecule has 5 heteroatoms. The van der Waals surface area contributed by atoms with E-state index in [-0.39, 0.29) is 0 Å². The number of aryl methyl sites for hydroxylation is 3. The van der Waals surface area contributed by atoms with Crippen LogP contribution in [0.25, 0.3) is 5.65 Å². The predicted molar refractivity (Wildman–Crippen MR) is 66.6 cm³/mol. The van der Waals surface area contributed by atoms with Crippen LogP contribution in [0.1, 0.15) is 37.0 Å². The Morgan fingerprint density at radius 3 is 2.82 bits per heavy atom. The molecule has 17 heavy (non-hydrogen) atoms. The number of rotatable bonds is 4. The molecule has 0 bridgehead atoms. The Morgan fingerprint density at radius 1 is 1.41 bits per heavy atom. The van der Waals surface area contributed by atoms with Gasteiger partial charge in [-0.1, -0.05) is 6.92 Å². The predicted octanol–water partition coefficient (Wildman–Crippen LogP) is 2.10. The van der Waals surface area contributed by atoms with Crippen molar-refractivity contribution in [2.75, 3.05) is 0 Å². The van der Waals surface area contributed by atoms with Crippen molar-refractivity contribution in [1.29, 1.82) is 5.41 Å². The molecule has 0 aliphatic rings. The van der Waals surface area contributed by atoms with Crippen LogP contribution in [0.3, 0.4) is 0 Å². The van der Waals surface area contributed by atoms with E-state index in [0.29, 0.717) is 0 Å². The maximum atomic E-state index is 7.63. The van der Waals surface area contributed by atoms with Crippen LogP contribution in [0, 0.1) is 19.3 Å². The summed E-state index contributed by atoms with van der Waals surface area (Å²) in [4.78, 5) is 8.74. The van der Waals surface area contributed by atoms with Gasteiger partial charge in [0.2, 0.25) is 0 Å². The normalized spacial score (nSPS) is 11.0. The topological polar surface area (TPSA) is 66.9 Å². The number of fused-ring (bicyclic) bond motifs is 1. The van der Waals surface area contributed by atoms with Gasteiger partial charge in [-0.2, -0.15) is 5.10 Å². The summed E-state index contributed by atoms with van der Waals surface area (Å²) >= 11 is 0. The first-order valence-electron chi connectivity index (χ1n) is 5.86. The molecule has 0 unspecified atom stereocenters. The largest absolute Gasteiger partial charge is 0.310 e. The Morgan fingerprint density at radius 2 is 2.18 bits per heavy atom. The molecule has 0 saturated heterocycles. The zero-order valence-corrected chi connectivity index (χ0v) is 10.5. The molecule has 2 aromatic rings. The van der Waals surface area contributed by atoms with Gasteiger partial charge in [-0.15, -0.1) is 0 Å². The summed E-state index contributed by atoms with van der Waals surface area (Å²) in [5.74, 6) is 0.794. The minimum absolute atomic E-state index is 0.729. The Balaban J connectivity index is 2.29. The summed E-state index contributed by atoms with van der Waals surface area (Å²) in [7, 11) is 0. The molecule has 5 nitrogen and oxygen atoms in total. The minimum Gasteiger partial charge on any atom is -0.310 e. The van der Waals surface area contributed by atoms with Crippen molar-refractivity contribution in [2.45, 2.75) is 40.0 Å². The van der Waals surface area contributed by atoms with E-state index >= 15 is 0 Å². The fraction of sp³-hybridized carbons (Fsp3) is 0.500. The van der Waals surface area contributed by atoms with Crippen LogP contribution in [-0.4, -0.2) is 25.3 Å². The quantitative estimate of drug-likeness (QED) is 0.819. The lowest BCUT2D eigenvalue weighted by molar-refractivity contribution is 0.829. The van der Waals surface area contributed by atoms with Crippen molar-refractivity contribution in [3.8, 4) is 0 Å². The van der Waals surface area contributed by atoms with E-state index in [9.17, 15) is 0 Å². The monoisotopic (exact) mass is 231 g/mol. The van der Waals surface area contributed by atoms with Gasteiger partial charge in [-0.05, 0) is 26.7 Å². The van der Waals surface area contributed by atoms with Crippen LogP contribution in [0.2, 0.25) is 0 Å². The highest BCUT2D eigenvalue weighted by Gasteiger charge is 2.08. The molecule has 2 heterocycles. The first-order valence-corrected chi connectivity index (χ1v) is 5.86. The maximum Gasteiger partial charge on any atom is 0.177 e. The summed E-state index contributed by atoms with van der Waals surface area (Å²) in [6.07, 6.45) is 4.06. The molecule has 0 aliphatic carbocycles. The molecule has 0 aliphatic heterocycles. The molecule has 0 aromatic carbocycles. The average molecular weight is 231 g/mol. The van der Waals surface area contributed by atoms with Crippen LogP contribution < -0.4 is 0 Å². The summed E-state index contributed by atoms with van der Waals surface area (Å²) in [6, 6.07) is 0. The fourth-order valence-electron chi connectivity index (χ4n) is 1.68. The third-order valence-electron chi connectivity index (χ3n) is 2.83. The van der Waals surface area contributed by atoms with Crippen LogP contribution in [-0.2, 0) is 6.42 Å². The second-order valence-corrected chi connectivity index (χ2v) is 4.21. The molecule has 0 saturated carbocycles. The maximum absolute atomic E-state index is 7.63. The second kappa shape index (κ2) is 4.61. The third-order valence-corrected chi connectivity index (χ3v) is 2.83. The van der Waals surface area contributed by atoms with Gasteiger partial charge in [0, 0.05) is 18.3 Å². The van der Waals surface area contributed by atoms with Crippen molar-refractivity contribution in [1.82, 2.24) is 19.6 Å². The zero-order valence-electron chi connectivity index (χ0n) is 10.5. The average Bonchev–Trinajstić information content (AvgIpc) is 2.76. The fourth-order valence-corrected chi connectivity index (χ4v) is 1.68. The first kappa shape index (κ1) is 11.7. The summed E-state index contributed by atoms with van der Waals surface area (Å²) in [6.45, 7) is 5.89. The lowest BCUT2D eigenvalue weighted by Gasteiger charge is -1.97. The van der Waals surface area contributed by atoms with Gasteiger partial charge in [0.25, 0.3) is 0 Å². The van der Waals surface area contributed by atoms with Crippen molar-refractivity contribution in [3.05, 3.63) is 23.4 Å². The highest BCUT2D eigenvalue weighted by atomic mass is 15.3. The van der Waals surface area contributed by atoms with Crippen LogP contribution in [0.4, 0.5) is 0 Å². The van der Waals surface area contributed by atoms with E-state index in [2.05, 4.69) is 15.1 Å². The number of nitrogens with one attached hydrogen (secondary N) is 1. The third kappa shape index (κ3) is 2.33. The second-order valence-electron chi connectivity index (χ2n) is 4.21. The van der Waals surface area contributed by atoms with Gasteiger partial charge in [0.15, 0.2) is 11.5 Å². The molecule has 0 spiro atoms. The molecule has 0 amide bonds. The van der Waals surface area contributed by atoms with Crippen molar-refractivity contribution in [3.63, 3.8) is 0 Å². The minimum atomic E-state index is 0.729. The summed E-state index contributed by atoms with van der Waals surface area (Å²) in [5.41, 5.74) is 3.44. The molecule has 0 radical (unpaired) electrons. The SMILES string of the molecule is CCC(=N)CCc1nc2c(C)ncc(C)n2n1. The van der Waals surface area contributed by atoms with E-state index < -0.39 is 0 Å². The van der Waals surface area contributed by atoms with Crippen molar-refractivity contribution < 1.29 is 0 Å². The molecule has 2 rings (SSSR count). The van der Waals surface area contributed by atoms with E-state index in [1.807, 2.05) is 25.3 Å². The number of nitrogens with zero attached hydrogens (tertiary/aromatic N) is 4. The van der Waals surface area contributed by atoms with E-state index in [4.69, 9.17) is 5.41 Å².